The van der Waals surface area contributed by atoms with Gasteiger partial charge in [-0.05, 0) is 48.5 Å². The van der Waals surface area contributed by atoms with Crippen molar-refractivity contribution in [2.24, 2.45) is 4.99 Å². The molecule has 0 amide bonds. The van der Waals surface area contributed by atoms with E-state index >= 15 is 0 Å². The minimum absolute atomic E-state index is 0.0188. The largest absolute Gasteiger partial charge is 0.339 e. The molecule has 0 unspecified atom stereocenters. The average molecular weight is 439 g/mol. The van der Waals surface area contributed by atoms with Gasteiger partial charge in [-0.15, -0.1) is 0 Å². The third kappa shape index (κ3) is 3.01. The fourth-order valence-corrected chi connectivity index (χ4v) is 5.27. The second-order valence-electron chi connectivity index (χ2n) is 6.92. The van der Waals surface area contributed by atoms with E-state index in [1.807, 2.05) is 30.1 Å². The van der Waals surface area contributed by atoms with E-state index in [0.29, 0.717) is 5.25 Å². The van der Waals surface area contributed by atoms with Crippen LogP contribution in [0.2, 0.25) is 0 Å². The van der Waals surface area contributed by atoms with Crippen molar-refractivity contribution in [1.82, 2.24) is 14.5 Å². The summed E-state index contributed by atoms with van der Waals surface area (Å²) in [7, 11) is 0. The Morgan fingerprint density at radius 2 is 1.93 bits per heavy atom. The number of hydrogen-bond donors (Lipinski definition) is 0. The Labute approximate surface area is 171 Å². The molecule has 27 heavy (non-hydrogen) atoms. The lowest BCUT2D eigenvalue weighted by atomic mass is 10.0. The number of hydrogen-bond acceptors (Lipinski definition) is 4. The molecule has 6 heteroatoms. The Morgan fingerprint density at radius 3 is 2.70 bits per heavy atom. The van der Waals surface area contributed by atoms with Gasteiger partial charge in [0.2, 0.25) is 0 Å². The van der Waals surface area contributed by atoms with E-state index in [1.165, 1.54) is 5.69 Å². The van der Waals surface area contributed by atoms with Gasteiger partial charge in [0.25, 0.3) is 0 Å². The quantitative estimate of drug-likeness (QED) is 0.561. The molecule has 1 saturated heterocycles. The van der Waals surface area contributed by atoms with Crippen molar-refractivity contribution in [3.8, 4) is 5.69 Å². The lowest BCUT2D eigenvalue weighted by Gasteiger charge is -2.28. The van der Waals surface area contributed by atoms with Crippen LogP contribution in [-0.4, -0.2) is 31.4 Å². The molecule has 5 rings (SSSR count). The van der Waals surface area contributed by atoms with E-state index in [9.17, 15) is 0 Å². The zero-order valence-electron chi connectivity index (χ0n) is 14.9. The smallest absolute Gasteiger partial charge is 0.160 e. The molecular formula is C21H19BrN4S. The normalized spacial score (nSPS) is 24.1. The zero-order valence-corrected chi connectivity index (χ0v) is 17.3. The Morgan fingerprint density at radius 1 is 1.07 bits per heavy atom. The molecule has 0 aliphatic carbocycles. The van der Waals surface area contributed by atoms with Crippen molar-refractivity contribution in [3.63, 3.8) is 0 Å². The second-order valence-corrected chi connectivity index (χ2v) is 9.24. The zero-order chi connectivity index (χ0) is 18.4. The van der Waals surface area contributed by atoms with Crippen molar-refractivity contribution < 1.29 is 0 Å². The van der Waals surface area contributed by atoms with E-state index in [4.69, 9.17) is 4.99 Å². The summed E-state index contributed by atoms with van der Waals surface area (Å²) < 4.78 is 3.36. The maximum atomic E-state index is 5.08. The first kappa shape index (κ1) is 17.1. The van der Waals surface area contributed by atoms with Crippen LogP contribution in [0.4, 0.5) is 0 Å². The van der Waals surface area contributed by atoms with Gasteiger partial charge in [0.15, 0.2) is 5.17 Å². The van der Waals surface area contributed by atoms with Crippen molar-refractivity contribution >= 4 is 32.9 Å². The van der Waals surface area contributed by atoms with E-state index in [0.717, 1.165) is 27.6 Å². The Bertz CT molecular complexity index is 983. The highest BCUT2D eigenvalue weighted by molar-refractivity contribution is 9.10. The molecule has 3 atom stereocenters. The van der Waals surface area contributed by atoms with Crippen molar-refractivity contribution in [1.29, 1.82) is 0 Å². The van der Waals surface area contributed by atoms with Gasteiger partial charge in [-0.3, -0.25) is 9.98 Å². The van der Waals surface area contributed by atoms with Crippen LogP contribution >= 0.6 is 27.7 Å². The fourth-order valence-electron chi connectivity index (χ4n) is 3.91. The number of aromatic nitrogens is 2. The number of rotatable bonds is 3. The number of nitrogens with zero attached hydrogens (tertiary/aromatic N) is 4. The van der Waals surface area contributed by atoms with E-state index < -0.39 is 0 Å². The minimum atomic E-state index is 0.0188. The van der Waals surface area contributed by atoms with Gasteiger partial charge in [-0.25, -0.2) is 0 Å². The van der Waals surface area contributed by atoms with Crippen LogP contribution in [0.25, 0.3) is 5.69 Å². The molecule has 1 fully saturated rings. The molecule has 4 heterocycles. The second kappa shape index (κ2) is 6.84. The van der Waals surface area contributed by atoms with Crippen molar-refractivity contribution in [2.45, 2.75) is 24.3 Å². The van der Waals surface area contributed by atoms with E-state index in [2.05, 4.69) is 86.0 Å². The number of fused-ring (bicyclic) bond motifs is 1. The third-order valence-electron chi connectivity index (χ3n) is 5.07. The van der Waals surface area contributed by atoms with Gasteiger partial charge in [0, 0.05) is 40.0 Å². The first-order chi connectivity index (χ1) is 13.2. The van der Waals surface area contributed by atoms with Crippen LogP contribution in [0.15, 0.2) is 76.5 Å². The van der Waals surface area contributed by atoms with Gasteiger partial charge in [-0.2, -0.15) is 0 Å². The molecule has 2 aromatic heterocycles. The number of aliphatic imine (C=N–C) groups is 1. The molecule has 1 aromatic carbocycles. The highest BCUT2D eigenvalue weighted by Gasteiger charge is 2.44. The van der Waals surface area contributed by atoms with Crippen LogP contribution in [0.1, 0.15) is 30.4 Å². The number of benzene rings is 1. The molecule has 0 N–H and O–H groups in total. The van der Waals surface area contributed by atoms with Crippen LogP contribution < -0.4 is 0 Å². The van der Waals surface area contributed by atoms with Gasteiger partial charge in [-0.1, -0.05) is 40.7 Å². The molecule has 0 radical (unpaired) electrons. The highest BCUT2D eigenvalue weighted by Crippen LogP contribution is 2.47. The summed E-state index contributed by atoms with van der Waals surface area (Å²) in [5.41, 5.74) is 3.44. The Kier molecular flexibility index (Phi) is 4.32. The highest BCUT2D eigenvalue weighted by atomic mass is 79.9. The maximum absolute atomic E-state index is 5.08. The lowest BCUT2D eigenvalue weighted by molar-refractivity contribution is 0.312. The molecule has 3 aromatic rings. The molecule has 0 saturated carbocycles. The molecule has 0 spiro atoms. The number of halogens is 1. The predicted molar refractivity (Wildman–Crippen MR) is 114 cm³/mol. The van der Waals surface area contributed by atoms with E-state index in [-0.39, 0.29) is 12.1 Å². The molecule has 0 bridgehead atoms. The summed E-state index contributed by atoms with van der Waals surface area (Å²) in [5.74, 6) is 0. The first-order valence-corrected chi connectivity index (χ1v) is 10.7. The lowest BCUT2D eigenvalue weighted by Crippen LogP contribution is -2.30. The summed E-state index contributed by atoms with van der Waals surface area (Å²) >= 11 is 5.40. The third-order valence-corrected chi connectivity index (χ3v) is 6.70. The Hall–Kier alpha value is -2.05. The predicted octanol–water partition coefficient (Wildman–Crippen LogP) is 5.22. The maximum Gasteiger partial charge on any atom is 0.160 e. The molecule has 2 aliphatic heterocycles. The number of pyridine rings is 1. The summed E-state index contributed by atoms with van der Waals surface area (Å²) in [6.45, 7) is 3.29. The van der Waals surface area contributed by atoms with Crippen LogP contribution in [0.3, 0.4) is 0 Å². The average Bonchev–Trinajstić information content (AvgIpc) is 3.37. The minimum Gasteiger partial charge on any atom is -0.339 e. The number of thioether (sulfide) groups is 1. The molecular weight excluding hydrogens is 420 g/mol. The standard InChI is InChI=1S/C21H19BrN4S/c1-14-13-26-20(19(24-21(26)27-14)17-5-2-3-11-23-17)18-6-4-12-25(18)16-9-7-15(22)8-10-16/h2-12,14,19-20H,13H2,1H3/t14-,19+,20-/m0/s1. The van der Waals surface area contributed by atoms with Gasteiger partial charge in [0.1, 0.15) is 6.04 Å². The van der Waals surface area contributed by atoms with Crippen LogP contribution in [0, 0.1) is 0 Å². The topological polar surface area (TPSA) is 33.4 Å². The fraction of sp³-hybridized carbons (Fsp3) is 0.238. The summed E-state index contributed by atoms with van der Waals surface area (Å²) in [6.07, 6.45) is 4.00. The van der Waals surface area contributed by atoms with Gasteiger partial charge in [0.05, 0.1) is 11.7 Å². The molecule has 2 aliphatic rings. The monoisotopic (exact) mass is 438 g/mol. The Balaban J connectivity index is 1.60. The summed E-state index contributed by atoms with van der Waals surface area (Å²) in [4.78, 5) is 12.2. The summed E-state index contributed by atoms with van der Waals surface area (Å²) in [5, 5.41) is 1.71. The van der Waals surface area contributed by atoms with Gasteiger partial charge < -0.3 is 9.47 Å². The van der Waals surface area contributed by atoms with Crippen molar-refractivity contribution in [2.75, 3.05) is 6.54 Å². The van der Waals surface area contributed by atoms with E-state index in [1.54, 1.807) is 0 Å². The summed E-state index contributed by atoms with van der Waals surface area (Å²) in [6, 6.07) is 19.1. The van der Waals surface area contributed by atoms with Crippen molar-refractivity contribution in [3.05, 3.63) is 82.9 Å². The molecule has 136 valence electrons. The van der Waals surface area contributed by atoms with Gasteiger partial charge >= 0.3 is 0 Å². The first-order valence-electron chi connectivity index (χ1n) is 9.06. The number of amidine groups is 1. The van der Waals surface area contributed by atoms with Crippen LogP contribution in [-0.2, 0) is 0 Å². The SMILES string of the molecule is C[C@H]1CN2C(=N[C@H](c3ccccn3)[C@@H]2c2cccn2-c2ccc(Br)cc2)S1. The van der Waals surface area contributed by atoms with Crippen LogP contribution in [0.5, 0.6) is 0 Å². The molecule has 4 nitrogen and oxygen atoms in total.